The molecule has 2 aromatic heterocycles. The van der Waals surface area contributed by atoms with E-state index in [2.05, 4.69) is 22.4 Å². The molecule has 2 N–H and O–H groups in total. The second-order valence-electron chi connectivity index (χ2n) is 11.5. The Morgan fingerprint density at radius 3 is 2.71 bits per heavy atom. The number of hydrogen-bond acceptors (Lipinski definition) is 4. The van der Waals surface area contributed by atoms with Gasteiger partial charge in [-0.15, -0.1) is 0 Å². The smallest absolute Gasteiger partial charge is 0.258 e. The van der Waals surface area contributed by atoms with E-state index in [1.165, 1.54) is 17.7 Å². The molecule has 4 heterocycles. The van der Waals surface area contributed by atoms with Crippen LogP contribution in [0.1, 0.15) is 80.1 Å². The number of fused-ring (bicyclic) bond motifs is 8. The highest BCUT2D eigenvalue weighted by Gasteiger charge is 2.43. The Morgan fingerprint density at radius 1 is 1.02 bits per heavy atom. The van der Waals surface area contributed by atoms with Crippen molar-refractivity contribution >= 4 is 33.5 Å². The van der Waals surface area contributed by atoms with Crippen LogP contribution in [0.5, 0.6) is 0 Å². The number of carbonyl (C=O) groups is 2. The molecule has 1 aliphatic carbocycles. The van der Waals surface area contributed by atoms with E-state index in [0.29, 0.717) is 57.2 Å². The van der Waals surface area contributed by atoms with Gasteiger partial charge in [0.15, 0.2) is 0 Å². The van der Waals surface area contributed by atoms with Crippen molar-refractivity contribution < 1.29 is 14.0 Å². The molecule has 0 spiro atoms. The minimum Gasteiger partial charge on any atom is -0.345 e. The average molecular weight is 559 g/mol. The molecule has 2 aliphatic heterocycles. The lowest BCUT2D eigenvalue weighted by atomic mass is 9.94. The standard InChI is InChI=1S/C34H27FN4O3/c35-21-11-7-18(8-12-21)16-26-29-28(30-31(36-26)27-6-3-15-39(27)34(30)42)23-13-9-20(17-25(23)38-33(29)41)32(40)37-24-14-10-19-4-1-2-5-22(19)24/h1-2,4-5,7-9,11-13,17,24,27H,3,6,10,14-16H2,(H,37,40)(H,38,41)/t24-,27+/m1/s1. The van der Waals surface area contributed by atoms with Gasteiger partial charge in [-0.1, -0.05) is 42.5 Å². The van der Waals surface area contributed by atoms with Crippen LogP contribution in [0.15, 0.2) is 71.5 Å². The average Bonchev–Trinajstić information content (AvgIpc) is 3.70. The van der Waals surface area contributed by atoms with Gasteiger partial charge in [0.2, 0.25) is 0 Å². The van der Waals surface area contributed by atoms with E-state index in [1.807, 2.05) is 23.1 Å². The van der Waals surface area contributed by atoms with Crippen molar-refractivity contribution in [2.45, 2.75) is 44.2 Å². The van der Waals surface area contributed by atoms with Gasteiger partial charge < -0.3 is 15.2 Å². The van der Waals surface area contributed by atoms with E-state index in [9.17, 15) is 18.8 Å². The molecule has 1 fully saturated rings. The highest BCUT2D eigenvalue weighted by molar-refractivity contribution is 6.19. The number of benzene rings is 3. The third-order valence-corrected chi connectivity index (χ3v) is 9.09. The Labute approximate surface area is 240 Å². The fraction of sp³-hybridized carbons (Fsp3) is 0.235. The molecule has 8 heteroatoms. The molecule has 3 aliphatic rings. The predicted octanol–water partition coefficient (Wildman–Crippen LogP) is 5.51. The maximum Gasteiger partial charge on any atom is 0.258 e. The van der Waals surface area contributed by atoms with E-state index >= 15 is 0 Å². The van der Waals surface area contributed by atoms with Gasteiger partial charge in [0.05, 0.1) is 34.4 Å². The second kappa shape index (κ2) is 9.34. The third-order valence-electron chi connectivity index (χ3n) is 9.09. The number of rotatable bonds is 4. The van der Waals surface area contributed by atoms with Crippen molar-refractivity contribution in [1.82, 2.24) is 20.2 Å². The van der Waals surface area contributed by atoms with E-state index in [0.717, 1.165) is 36.8 Å². The maximum atomic E-state index is 13.7. The normalized spacial score (nSPS) is 18.9. The number of carbonyl (C=O) groups excluding carboxylic acids is 2. The van der Waals surface area contributed by atoms with Gasteiger partial charge in [-0.2, -0.15) is 0 Å². The molecule has 0 saturated carbocycles. The number of amides is 2. The summed E-state index contributed by atoms with van der Waals surface area (Å²) in [4.78, 5) is 50.5. The van der Waals surface area contributed by atoms with Gasteiger partial charge in [-0.25, -0.2) is 4.39 Å². The zero-order chi connectivity index (χ0) is 28.5. The lowest BCUT2D eigenvalue weighted by molar-refractivity contribution is 0.0776. The first-order valence-corrected chi connectivity index (χ1v) is 14.4. The van der Waals surface area contributed by atoms with Crippen LogP contribution >= 0.6 is 0 Å². The van der Waals surface area contributed by atoms with Gasteiger partial charge in [0.25, 0.3) is 17.4 Å². The number of pyridine rings is 2. The Bertz CT molecular complexity index is 2020. The molecule has 0 bridgehead atoms. The van der Waals surface area contributed by atoms with Gasteiger partial charge in [0.1, 0.15) is 5.82 Å². The zero-order valence-corrected chi connectivity index (χ0v) is 22.7. The first-order chi connectivity index (χ1) is 20.5. The monoisotopic (exact) mass is 558 g/mol. The first kappa shape index (κ1) is 24.9. The van der Waals surface area contributed by atoms with Crippen molar-refractivity contribution in [3.8, 4) is 0 Å². The Hall–Kier alpha value is -4.85. The van der Waals surface area contributed by atoms with E-state index in [-0.39, 0.29) is 35.3 Å². The lowest BCUT2D eigenvalue weighted by Gasteiger charge is -2.16. The van der Waals surface area contributed by atoms with Crippen LogP contribution in [0.4, 0.5) is 4.39 Å². The van der Waals surface area contributed by atoms with E-state index in [4.69, 9.17) is 4.98 Å². The summed E-state index contributed by atoms with van der Waals surface area (Å²) in [5.41, 5.74) is 5.51. The highest BCUT2D eigenvalue weighted by Crippen LogP contribution is 2.44. The SMILES string of the molecule is O=C(N[C@@H]1CCc2ccccc21)c1ccc2c(c1)[nH]c(=O)c1c(Cc3ccc(F)cc3)nc3c(c12)C(=O)N1CCC[C@@H]31. The summed E-state index contributed by atoms with van der Waals surface area (Å²) >= 11 is 0. The summed E-state index contributed by atoms with van der Waals surface area (Å²) in [5.74, 6) is -0.654. The molecule has 5 aromatic rings. The molecule has 1 saturated heterocycles. The number of aromatic nitrogens is 2. The Balaban J connectivity index is 1.27. The summed E-state index contributed by atoms with van der Waals surface area (Å²) in [6.45, 7) is 0.657. The molecule has 7 nitrogen and oxygen atoms in total. The van der Waals surface area contributed by atoms with Gasteiger partial charge in [-0.05, 0) is 66.6 Å². The molecule has 0 radical (unpaired) electrons. The number of hydrogen-bond donors (Lipinski definition) is 2. The molecule has 0 unspecified atom stereocenters. The number of halogens is 1. The summed E-state index contributed by atoms with van der Waals surface area (Å²) in [5, 5.41) is 4.79. The lowest BCUT2D eigenvalue weighted by Crippen LogP contribution is -2.27. The van der Waals surface area contributed by atoms with E-state index < -0.39 is 0 Å². The molecular formula is C34H27FN4O3. The summed E-state index contributed by atoms with van der Waals surface area (Å²) in [7, 11) is 0. The van der Waals surface area contributed by atoms with Crippen LogP contribution in [0, 0.1) is 5.82 Å². The molecule has 3 aromatic carbocycles. The van der Waals surface area contributed by atoms with E-state index in [1.54, 1.807) is 24.3 Å². The van der Waals surface area contributed by atoms with Crippen molar-refractivity contribution in [2.24, 2.45) is 0 Å². The molecular weight excluding hydrogens is 531 g/mol. The quantitative estimate of drug-likeness (QED) is 0.284. The summed E-state index contributed by atoms with van der Waals surface area (Å²) in [6.07, 6.45) is 3.81. The number of H-pyrrole nitrogens is 1. The maximum absolute atomic E-state index is 13.7. The van der Waals surface area contributed by atoms with Crippen molar-refractivity contribution in [3.05, 3.63) is 122 Å². The summed E-state index contributed by atoms with van der Waals surface area (Å²) < 4.78 is 13.6. The van der Waals surface area contributed by atoms with Gasteiger partial charge in [0, 0.05) is 34.8 Å². The molecule has 208 valence electrons. The van der Waals surface area contributed by atoms with Crippen LogP contribution in [0.25, 0.3) is 21.7 Å². The largest absolute Gasteiger partial charge is 0.345 e. The fourth-order valence-electron chi connectivity index (χ4n) is 7.13. The van der Waals surface area contributed by atoms with Crippen LogP contribution in [0.2, 0.25) is 0 Å². The molecule has 8 rings (SSSR count). The Kier molecular flexibility index (Phi) is 5.54. The van der Waals surface area contributed by atoms with Crippen molar-refractivity contribution in [2.75, 3.05) is 6.54 Å². The van der Waals surface area contributed by atoms with Crippen LogP contribution in [-0.2, 0) is 12.8 Å². The second-order valence-corrected chi connectivity index (χ2v) is 11.5. The minimum absolute atomic E-state index is 0.0607. The van der Waals surface area contributed by atoms with Crippen LogP contribution in [-0.4, -0.2) is 33.2 Å². The number of nitrogens with one attached hydrogen (secondary N) is 2. The van der Waals surface area contributed by atoms with Crippen LogP contribution in [0.3, 0.4) is 0 Å². The molecule has 2 atom stereocenters. The molecule has 42 heavy (non-hydrogen) atoms. The number of aryl methyl sites for hydroxylation is 1. The third kappa shape index (κ3) is 3.78. The van der Waals surface area contributed by atoms with Crippen molar-refractivity contribution in [3.63, 3.8) is 0 Å². The minimum atomic E-state index is -0.368. The van der Waals surface area contributed by atoms with Gasteiger partial charge >= 0.3 is 0 Å². The predicted molar refractivity (Wildman–Crippen MR) is 157 cm³/mol. The van der Waals surface area contributed by atoms with Gasteiger partial charge in [-0.3, -0.25) is 19.4 Å². The van der Waals surface area contributed by atoms with Crippen molar-refractivity contribution in [1.29, 1.82) is 0 Å². The Morgan fingerprint density at radius 2 is 1.86 bits per heavy atom. The summed E-state index contributed by atoms with van der Waals surface area (Å²) in [6, 6.07) is 19.4. The highest BCUT2D eigenvalue weighted by atomic mass is 19.1. The van der Waals surface area contributed by atoms with Crippen LogP contribution < -0.4 is 10.9 Å². The fourth-order valence-corrected chi connectivity index (χ4v) is 7.13. The number of aromatic amines is 1. The first-order valence-electron chi connectivity index (χ1n) is 14.4. The number of nitrogens with zero attached hydrogens (tertiary/aromatic N) is 2. The topological polar surface area (TPSA) is 95.2 Å². The molecule has 2 amide bonds. The zero-order valence-electron chi connectivity index (χ0n) is 22.7.